The van der Waals surface area contributed by atoms with E-state index in [4.69, 9.17) is 16.0 Å². The molecule has 0 fully saturated rings. The Hall–Kier alpha value is -1.35. The monoisotopic (exact) mass is 237 g/mol. The topological polar surface area (TPSA) is 45.4 Å². The quantitative estimate of drug-likeness (QED) is 0.749. The predicted molar refractivity (Wildman–Crippen MR) is 64.6 cm³/mol. The molecule has 2 aromatic rings. The second kappa shape index (κ2) is 3.32. The Morgan fingerprint density at radius 1 is 1.62 bits per heavy atom. The summed E-state index contributed by atoms with van der Waals surface area (Å²) in [5.41, 5.74) is 3.75. The van der Waals surface area contributed by atoms with Crippen molar-refractivity contribution < 1.29 is 9.52 Å². The molecule has 0 radical (unpaired) electrons. The normalized spacial score (nSPS) is 18.8. The first-order valence-corrected chi connectivity index (χ1v) is 5.79. The first kappa shape index (κ1) is 9.85. The highest BCUT2D eigenvalue weighted by atomic mass is 35.5. The summed E-state index contributed by atoms with van der Waals surface area (Å²) in [6, 6.07) is 1.72. The van der Waals surface area contributed by atoms with Gasteiger partial charge >= 0.3 is 0 Å². The van der Waals surface area contributed by atoms with E-state index in [9.17, 15) is 5.11 Å². The first-order valence-electron chi connectivity index (χ1n) is 5.26. The van der Waals surface area contributed by atoms with E-state index in [1.54, 1.807) is 12.3 Å². The lowest BCUT2D eigenvalue weighted by Gasteiger charge is -2.08. The molecule has 0 bridgehead atoms. The number of nitrogens with one attached hydrogen (secondary N) is 1. The van der Waals surface area contributed by atoms with Crippen molar-refractivity contribution in [3.63, 3.8) is 0 Å². The van der Waals surface area contributed by atoms with Gasteiger partial charge in [-0.05, 0) is 18.1 Å². The number of aromatic hydroxyl groups is 1. The third-order valence-electron chi connectivity index (χ3n) is 3.18. The molecule has 84 valence electrons. The van der Waals surface area contributed by atoms with Crippen LogP contribution in [0.3, 0.4) is 0 Å². The second-order valence-corrected chi connectivity index (χ2v) is 4.52. The summed E-state index contributed by atoms with van der Waals surface area (Å²) in [5.74, 6) is 1.05. The number of fused-ring (bicyclic) bond motifs is 3. The number of hydrogen-bond acceptors (Lipinski definition) is 3. The number of rotatable bonds is 1. The van der Waals surface area contributed by atoms with Crippen LogP contribution in [-0.2, 0) is 0 Å². The third kappa shape index (κ3) is 1.15. The van der Waals surface area contributed by atoms with Gasteiger partial charge in [-0.2, -0.15) is 0 Å². The number of furan rings is 1. The van der Waals surface area contributed by atoms with Crippen LogP contribution in [-0.4, -0.2) is 17.5 Å². The molecule has 0 spiro atoms. The number of alkyl halides is 1. The average Bonchev–Trinajstić information content (AvgIpc) is 2.82. The molecule has 0 aliphatic carbocycles. The van der Waals surface area contributed by atoms with Gasteiger partial charge in [0.25, 0.3) is 0 Å². The maximum absolute atomic E-state index is 9.84. The SMILES string of the molecule is Cc1coc2c(O)cc3c(c12)[C@H](CCl)CN3. The lowest BCUT2D eigenvalue weighted by atomic mass is 9.97. The minimum absolute atomic E-state index is 0.185. The maximum atomic E-state index is 9.84. The Morgan fingerprint density at radius 3 is 3.19 bits per heavy atom. The molecule has 0 unspecified atom stereocenters. The molecule has 3 nitrogen and oxygen atoms in total. The zero-order valence-corrected chi connectivity index (χ0v) is 9.64. The molecular formula is C12H12ClNO2. The van der Waals surface area contributed by atoms with E-state index in [-0.39, 0.29) is 11.7 Å². The summed E-state index contributed by atoms with van der Waals surface area (Å²) in [4.78, 5) is 0. The minimum atomic E-state index is 0.185. The smallest absolute Gasteiger partial charge is 0.176 e. The molecule has 4 heteroatoms. The number of aryl methyl sites for hydroxylation is 1. The fourth-order valence-electron chi connectivity index (χ4n) is 2.42. The van der Waals surface area contributed by atoms with Gasteiger partial charge in [0, 0.05) is 35.5 Å². The molecule has 1 aromatic heterocycles. The van der Waals surface area contributed by atoms with E-state index in [1.165, 1.54) is 5.56 Å². The van der Waals surface area contributed by atoms with Crippen LogP contribution in [0.5, 0.6) is 5.75 Å². The molecule has 1 aliphatic heterocycles. The van der Waals surface area contributed by atoms with Crippen LogP contribution >= 0.6 is 11.6 Å². The molecule has 0 amide bonds. The molecule has 2 N–H and O–H groups in total. The molecule has 1 atom stereocenters. The van der Waals surface area contributed by atoms with Gasteiger partial charge in [0.1, 0.15) is 0 Å². The summed E-state index contributed by atoms with van der Waals surface area (Å²) < 4.78 is 5.38. The van der Waals surface area contributed by atoms with Gasteiger partial charge in [0.2, 0.25) is 0 Å². The van der Waals surface area contributed by atoms with Crippen molar-refractivity contribution in [2.24, 2.45) is 0 Å². The van der Waals surface area contributed by atoms with Crippen molar-refractivity contribution in [3.8, 4) is 5.75 Å². The number of anilines is 1. The first-order chi connectivity index (χ1) is 7.72. The Bertz CT molecular complexity index is 562. The Balaban J connectivity index is 2.40. The summed E-state index contributed by atoms with van der Waals surface area (Å²) >= 11 is 5.96. The third-order valence-corrected chi connectivity index (χ3v) is 3.55. The van der Waals surface area contributed by atoms with Gasteiger partial charge in [-0.1, -0.05) is 0 Å². The number of phenolic OH excluding ortho intramolecular Hbond substituents is 1. The summed E-state index contributed by atoms with van der Waals surface area (Å²) in [6.07, 6.45) is 1.67. The summed E-state index contributed by atoms with van der Waals surface area (Å²) in [7, 11) is 0. The molecule has 0 saturated heterocycles. The largest absolute Gasteiger partial charge is 0.504 e. The maximum Gasteiger partial charge on any atom is 0.176 e. The highest BCUT2D eigenvalue weighted by molar-refractivity contribution is 6.18. The molecule has 1 aliphatic rings. The highest BCUT2D eigenvalue weighted by Crippen LogP contribution is 2.43. The van der Waals surface area contributed by atoms with E-state index in [2.05, 4.69) is 5.32 Å². The van der Waals surface area contributed by atoms with Crippen molar-refractivity contribution in [3.05, 3.63) is 23.5 Å². The molecular weight excluding hydrogens is 226 g/mol. The van der Waals surface area contributed by atoms with E-state index < -0.39 is 0 Å². The van der Waals surface area contributed by atoms with Gasteiger partial charge < -0.3 is 14.8 Å². The molecule has 0 saturated carbocycles. The fourth-order valence-corrected chi connectivity index (χ4v) is 2.68. The zero-order chi connectivity index (χ0) is 11.3. The van der Waals surface area contributed by atoms with Crippen molar-refractivity contribution in [1.82, 2.24) is 0 Å². The van der Waals surface area contributed by atoms with E-state index >= 15 is 0 Å². The number of hydrogen-bond donors (Lipinski definition) is 2. The summed E-state index contributed by atoms with van der Waals surface area (Å²) in [6.45, 7) is 2.80. The van der Waals surface area contributed by atoms with Crippen molar-refractivity contribution in [1.29, 1.82) is 0 Å². The Morgan fingerprint density at radius 2 is 2.44 bits per heavy atom. The number of benzene rings is 1. The number of halogens is 1. The Kier molecular flexibility index (Phi) is 2.04. The van der Waals surface area contributed by atoms with Crippen LogP contribution in [0.2, 0.25) is 0 Å². The van der Waals surface area contributed by atoms with Crippen LogP contribution < -0.4 is 5.32 Å². The van der Waals surface area contributed by atoms with E-state index in [1.807, 2.05) is 6.92 Å². The van der Waals surface area contributed by atoms with Gasteiger partial charge in [0.05, 0.1) is 6.26 Å². The van der Waals surface area contributed by atoms with Gasteiger partial charge in [-0.25, -0.2) is 0 Å². The van der Waals surface area contributed by atoms with E-state index in [0.717, 1.165) is 23.2 Å². The van der Waals surface area contributed by atoms with Crippen LogP contribution in [0.1, 0.15) is 17.0 Å². The van der Waals surface area contributed by atoms with Crippen molar-refractivity contribution in [2.45, 2.75) is 12.8 Å². The predicted octanol–water partition coefficient (Wildman–Crippen LogP) is 3.19. The number of phenols is 1. The standard InChI is InChI=1S/C12H12ClNO2/c1-6-5-16-12-9(15)2-8-11(10(6)12)7(3-13)4-14-8/h2,5,7,14-15H,3-4H2,1H3/t7-/m1/s1. The van der Waals surface area contributed by atoms with Gasteiger partial charge in [-0.15, -0.1) is 11.6 Å². The average molecular weight is 238 g/mol. The van der Waals surface area contributed by atoms with Crippen LogP contribution in [0.25, 0.3) is 11.0 Å². The lowest BCUT2D eigenvalue weighted by Crippen LogP contribution is -2.02. The molecule has 2 heterocycles. The fraction of sp³-hybridized carbons (Fsp3) is 0.333. The van der Waals surface area contributed by atoms with Crippen molar-refractivity contribution >= 4 is 28.3 Å². The lowest BCUT2D eigenvalue weighted by molar-refractivity contribution is 0.465. The van der Waals surface area contributed by atoms with Crippen LogP contribution in [0, 0.1) is 6.92 Å². The van der Waals surface area contributed by atoms with Gasteiger partial charge in [0.15, 0.2) is 11.3 Å². The molecule has 1 aromatic carbocycles. The zero-order valence-electron chi connectivity index (χ0n) is 8.88. The van der Waals surface area contributed by atoms with Crippen LogP contribution in [0.4, 0.5) is 5.69 Å². The van der Waals surface area contributed by atoms with Gasteiger partial charge in [-0.3, -0.25) is 0 Å². The molecule has 3 rings (SSSR count). The van der Waals surface area contributed by atoms with Crippen molar-refractivity contribution in [2.75, 3.05) is 17.7 Å². The minimum Gasteiger partial charge on any atom is -0.504 e. The summed E-state index contributed by atoms with van der Waals surface area (Å²) in [5, 5.41) is 14.1. The van der Waals surface area contributed by atoms with Crippen LogP contribution in [0.15, 0.2) is 16.7 Å². The Labute approximate surface area is 98.0 Å². The highest BCUT2D eigenvalue weighted by Gasteiger charge is 2.27. The second-order valence-electron chi connectivity index (χ2n) is 4.21. The molecule has 16 heavy (non-hydrogen) atoms. The van der Waals surface area contributed by atoms with E-state index in [0.29, 0.717) is 11.5 Å².